The van der Waals surface area contributed by atoms with Gasteiger partial charge in [-0.1, -0.05) is 0 Å². The van der Waals surface area contributed by atoms with Gasteiger partial charge in [-0.25, -0.2) is 13.9 Å². The molecule has 0 aliphatic carbocycles. The van der Waals surface area contributed by atoms with Crippen LogP contribution in [0, 0.1) is 12.7 Å². The summed E-state index contributed by atoms with van der Waals surface area (Å²) in [6, 6.07) is 5.81. The first-order chi connectivity index (χ1) is 9.63. The topological polar surface area (TPSA) is 72.2 Å². The fourth-order valence-electron chi connectivity index (χ4n) is 1.77. The van der Waals surface area contributed by atoms with E-state index in [4.69, 9.17) is 0 Å². The highest BCUT2D eigenvalue weighted by molar-refractivity contribution is 6.02. The van der Waals surface area contributed by atoms with Crippen LogP contribution in [0.1, 0.15) is 16.2 Å². The van der Waals surface area contributed by atoms with Crippen molar-refractivity contribution in [1.29, 1.82) is 0 Å². The maximum Gasteiger partial charge on any atom is 0.295 e. The Morgan fingerprint density at radius 2 is 2.25 bits per heavy atom. The lowest BCUT2D eigenvalue weighted by atomic mass is 10.2. The van der Waals surface area contributed by atoms with E-state index in [2.05, 4.69) is 20.4 Å². The second kappa shape index (κ2) is 4.69. The third-order valence-electron chi connectivity index (χ3n) is 2.76. The summed E-state index contributed by atoms with van der Waals surface area (Å²) in [5.41, 5.74) is 1.14. The minimum absolute atomic E-state index is 0.00688. The van der Waals surface area contributed by atoms with E-state index in [1.807, 2.05) is 0 Å². The minimum Gasteiger partial charge on any atom is -0.319 e. The Hall–Kier alpha value is -2.83. The zero-order valence-electron chi connectivity index (χ0n) is 10.5. The smallest absolute Gasteiger partial charge is 0.295 e. The summed E-state index contributed by atoms with van der Waals surface area (Å²) in [6.07, 6.45) is 3.21. The van der Waals surface area contributed by atoms with Crippen molar-refractivity contribution < 1.29 is 9.18 Å². The number of aryl methyl sites for hydroxylation is 1. The summed E-state index contributed by atoms with van der Waals surface area (Å²) in [5.74, 6) is -0.471. The first kappa shape index (κ1) is 12.2. The van der Waals surface area contributed by atoms with Crippen molar-refractivity contribution in [1.82, 2.24) is 19.6 Å². The minimum atomic E-state index is -0.467. The van der Waals surface area contributed by atoms with Gasteiger partial charge in [0.1, 0.15) is 5.82 Å². The number of fused-ring (bicyclic) bond motifs is 1. The van der Waals surface area contributed by atoms with Crippen LogP contribution in [0.25, 0.3) is 5.78 Å². The Kier molecular flexibility index (Phi) is 2.86. The summed E-state index contributed by atoms with van der Waals surface area (Å²) in [6.45, 7) is 1.71. The molecule has 0 radical (unpaired) electrons. The van der Waals surface area contributed by atoms with Crippen LogP contribution in [0.3, 0.4) is 0 Å². The summed E-state index contributed by atoms with van der Waals surface area (Å²) >= 11 is 0. The predicted octanol–water partition coefficient (Wildman–Crippen LogP) is 1.82. The molecule has 2 aromatic heterocycles. The zero-order chi connectivity index (χ0) is 14.1. The molecule has 3 aromatic rings. The third-order valence-corrected chi connectivity index (χ3v) is 2.76. The highest BCUT2D eigenvalue weighted by atomic mass is 19.1. The van der Waals surface area contributed by atoms with Crippen molar-refractivity contribution in [3.63, 3.8) is 0 Å². The number of carbonyl (C=O) groups excluding carboxylic acids is 1. The van der Waals surface area contributed by atoms with Crippen molar-refractivity contribution in [3.05, 3.63) is 53.9 Å². The number of hydrogen-bond acceptors (Lipinski definition) is 4. The fourth-order valence-corrected chi connectivity index (χ4v) is 1.77. The van der Waals surface area contributed by atoms with Gasteiger partial charge in [-0.05, 0) is 36.8 Å². The number of anilines is 1. The SMILES string of the molecule is Cc1cc(F)ccc1NC(=O)c1nc2ncccn2n1. The van der Waals surface area contributed by atoms with E-state index in [9.17, 15) is 9.18 Å². The number of benzene rings is 1. The molecular formula is C13H10FN5O. The highest BCUT2D eigenvalue weighted by Crippen LogP contribution is 2.16. The van der Waals surface area contributed by atoms with Gasteiger partial charge in [0.25, 0.3) is 11.7 Å². The average molecular weight is 271 g/mol. The van der Waals surface area contributed by atoms with Gasteiger partial charge in [0.15, 0.2) is 0 Å². The lowest BCUT2D eigenvalue weighted by Gasteiger charge is -2.05. The van der Waals surface area contributed by atoms with Gasteiger partial charge in [-0.2, -0.15) is 4.98 Å². The lowest BCUT2D eigenvalue weighted by molar-refractivity contribution is 0.101. The Morgan fingerprint density at radius 1 is 1.40 bits per heavy atom. The summed E-state index contributed by atoms with van der Waals surface area (Å²) in [4.78, 5) is 20.0. The molecule has 0 saturated carbocycles. The molecule has 20 heavy (non-hydrogen) atoms. The van der Waals surface area contributed by atoms with Crippen molar-refractivity contribution in [2.24, 2.45) is 0 Å². The van der Waals surface area contributed by atoms with Crippen LogP contribution in [0.2, 0.25) is 0 Å². The summed E-state index contributed by atoms with van der Waals surface area (Å²) in [5, 5.41) is 6.66. The molecule has 1 aromatic carbocycles. The average Bonchev–Trinajstić information content (AvgIpc) is 2.86. The van der Waals surface area contributed by atoms with E-state index < -0.39 is 5.91 Å². The Morgan fingerprint density at radius 3 is 3.00 bits per heavy atom. The molecular weight excluding hydrogens is 261 g/mol. The number of amides is 1. The highest BCUT2D eigenvalue weighted by Gasteiger charge is 2.14. The van der Waals surface area contributed by atoms with E-state index in [1.165, 1.54) is 22.7 Å². The molecule has 0 fully saturated rings. The molecule has 0 bridgehead atoms. The molecule has 2 heterocycles. The van der Waals surface area contributed by atoms with Gasteiger partial charge >= 0.3 is 0 Å². The molecule has 0 aliphatic heterocycles. The van der Waals surface area contributed by atoms with Crippen LogP contribution in [0.5, 0.6) is 0 Å². The van der Waals surface area contributed by atoms with E-state index in [0.29, 0.717) is 17.0 Å². The van der Waals surface area contributed by atoms with E-state index in [1.54, 1.807) is 25.4 Å². The number of carbonyl (C=O) groups is 1. The van der Waals surface area contributed by atoms with Crippen LogP contribution >= 0.6 is 0 Å². The molecule has 0 unspecified atom stereocenters. The number of halogens is 1. The predicted molar refractivity (Wildman–Crippen MR) is 69.9 cm³/mol. The van der Waals surface area contributed by atoms with Gasteiger partial charge in [-0.15, -0.1) is 5.10 Å². The number of nitrogens with one attached hydrogen (secondary N) is 1. The van der Waals surface area contributed by atoms with Crippen LogP contribution in [0.4, 0.5) is 10.1 Å². The molecule has 1 amide bonds. The number of hydrogen-bond donors (Lipinski definition) is 1. The number of aromatic nitrogens is 4. The molecule has 0 aliphatic rings. The van der Waals surface area contributed by atoms with E-state index in [0.717, 1.165) is 0 Å². The second-order valence-electron chi connectivity index (χ2n) is 4.21. The Labute approximate surface area is 113 Å². The first-order valence-corrected chi connectivity index (χ1v) is 5.88. The second-order valence-corrected chi connectivity index (χ2v) is 4.21. The Bertz CT molecular complexity index is 765. The molecule has 7 heteroatoms. The number of rotatable bonds is 2. The van der Waals surface area contributed by atoms with Crippen LogP contribution in [-0.2, 0) is 0 Å². The van der Waals surface area contributed by atoms with Crippen molar-refractivity contribution in [3.8, 4) is 0 Å². The first-order valence-electron chi connectivity index (χ1n) is 5.88. The standard InChI is InChI=1S/C13H10FN5O/c1-8-7-9(14)3-4-10(8)16-12(20)11-17-13-15-5-2-6-19(13)18-11/h2-7H,1H3,(H,16,20). The van der Waals surface area contributed by atoms with Gasteiger partial charge in [0, 0.05) is 18.1 Å². The van der Waals surface area contributed by atoms with E-state index in [-0.39, 0.29) is 11.6 Å². The van der Waals surface area contributed by atoms with Gasteiger partial charge in [0.05, 0.1) is 0 Å². The van der Waals surface area contributed by atoms with Gasteiger partial charge in [0.2, 0.25) is 5.82 Å². The zero-order valence-corrected chi connectivity index (χ0v) is 10.5. The molecule has 0 saturated heterocycles. The third kappa shape index (κ3) is 2.20. The molecule has 3 rings (SSSR count). The fraction of sp³-hybridized carbons (Fsp3) is 0.0769. The summed E-state index contributed by atoms with van der Waals surface area (Å²) in [7, 11) is 0. The Balaban J connectivity index is 1.89. The lowest BCUT2D eigenvalue weighted by Crippen LogP contribution is -2.14. The van der Waals surface area contributed by atoms with Gasteiger partial charge in [-0.3, -0.25) is 4.79 Å². The van der Waals surface area contributed by atoms with Crippen molar-refractivity contribution >= 4 is 17.4 Å². The summed E-state index contributed by atoms with van der Waals surface area (Å²) < 4.78 is 14.4. The molecule has 6 nitrogen and oxygen atoms in total. The largest absolute Gasteiger partial charge is 0.319 e. The molecule has 0 spiro atoms. The normalized spacial score (nSPS) is 10.7. The van der Waals surface area contributed by atoms with E-state index >= 15 is 0 Å². The van der Waals surface area contributed by atoms with Crippen LogP contribution < -0.4 is 5.32 Å². The van der Waals surface area contributed by atoms with Gasteiger partial charge < -0.3 is 5.32 Å². The van der Waals surface area contributed by atoms with Crippen LogP contribution in [0.15, 0.2) is 36.7 Å². The molecule has 0 atom stereocenters. The van der Waals surface area contributed by atoms with Crippen LogP contribution in [-0.4, -0.2) is 25.5 Å². The monoisotopic (exact) mass is 271 g/mol. The maximum absolute atomic E-state index is 13.0. The van der Waals surface area contributed by atoms with Crippen molar-refractivity contribution in [2.75, 3.05) is 5.32 Å². The van der Waals surface area contributed by atoms with Crippen molar-refractivity contribution in [2.45, 2.75) is 6.92 Å². The maximum atomic E-state index is 13.0. The number of nitrogens with zero attached hydrogens (tertiary/aromatic N) is 4. The quantitative estimate of drug-likeness (QED) is 0.771. The molecule has 1 N–H and O–H groups in total. The molecule has 100 valence electrons.